The van der Waals surface area contributed by atoms with Crippen LogP contribution in [0.1, 0.15) is 5.56 Å². The zero-order valence-electron chi connectivity index (χ0n) is 36.9. The van der Waals surface area contributed by atoms with Crippen LogP contribution >= 0.6 is 0 Å². The third-order valence-corrected chi connectivity index (χ3v) is 14.1. The SMILES string of the molecule is Fc1cccc(F)c1-c1cc(-n2c3ccccc3c3ccc4c5ccccc5n(-c5ccccc5)c4c32)c(C(F)(F)F)cc1-n1c2ccccc2c2ccc3c4ccccc4n(-c4ccccc4)c3c21. The number of hydrogen-bond donors (Lipinski definition) is 0. The normalized spacial score (nSPS) is 12.4. The molecule has 9 heteroatoms. The van der Waals surface area contributed by atoms with E-state index in [0.29, 0.717) is 27.6 Å². The van der Waals surface area contributed by atoms with Gasteiger partial charge < -0.3 is 18.3 Å². The van der Waals surface area contributed by atoms with Crippen molar-refractivity contribution in [1.82, 2.24) is 18.3 Å². The molecule has 0 aliphatic rings. The van der Waals surface area contributed by atoms with Crippen LogP contribution < -0.4 is 0 Å². The van der Waals surface area contributed by atoms with Crippen molar-refractivity contribution in [2.75, 3.05) is 0 Å². The Bertz CT molecular complexity index is 4460. The van der Waals surface area contributed by atoms with Crippen LogP contribution in [0.2, 0.25) is 0 Å². The van der Waals surface area contributed by atoms with E-state index < -0.39 is 28.9 Å². The Morgan fingerprint density at radius 3 is 1.04 bits per heavy atom. The van der Waals surface area contributed by atoms with Gasteiger partial charge in [0.05, 0.1) is 66.6 Å². The zero-order chi connectivity index (χ0) is 47.0. The highest BCUT2D eigenvalue weighted by Gasteiger charge is 2.38. The van der Waals surface area contributed by atoms with Crippen molar-refractivity contribution in [3.63, 3.8) is 0 Å². The van der Waals surface area contributed by atoms with E-state index in [1.807, 2.05) is 164 Å². The second-order valence-electron chi connectivity index (χ2n) is 17.8. The van der Waals surface area contributed by atoms with Crippen LogP contribution in [0.25, 0.3) is 121 Å². The third kappa shape index (κ3) is 5.57. The molecule has 70 heavy (non-hydrogen) atoms. The molecule has 4 nitrogen and oxygen atoms in total. The number of rotatable bonds is 5. The first-order chi connectivity index (χ1) is 34.3. The van der Waals surface area contributed by atoms with Crippen LogP contribution in [0.3, 0.4) is 0 Å². The number of aromatic nitrogens is 4. The molecule has 0 spiro atoms. The topological polar surface area (TPSA) is 19.7 Å². The molecule has 0 saturated heterocycles. The van der Waals surface area contributed by atoms with Crippen molar-refractivity contribution < 1.29 is 22.0 Å². The highest BCUT2D eigenvalue weighted by Crippen LogP contribution is 2.49. The fourth-order valence-corrected chi connectivity index (χ4v) is 11.3. The van der Waals surface area contributed by atoms with Crippen molar-refractivity contribution in [3.8, 4) is 33.9 Å². The molecule has 0 N–H and O–H groups in total. The van der Waals surface area contributed by atoms with Crippen LogP contribution in [-0.4, -0.2) is 18.3 Å². The molecule has 10 aromatic carbocycles. The lowest BCUT2D eigenvalue weighted by Crippen LogP contribution is -2.14. The van der Waals surface area contributed by atoms with Crippen molar-refractivity contribution in [3.05, 3.63) is 230 Å². The molecule has 334 valence electrons. The van der Waals surface area contributed by atoms with Crippen LogP contribution in [0.4, 0.5) is 22.0 Å². The number of alkyl halides is 3. The van der Waals surface area contributed by atoms with Gasteiger partial charge in [-0.05, 0) is 72.8 Å². The molecule has 0 saturated carbocycles. The number of fused-ring (bicyclic) bond motifs is 14. The summed E-state index contributed by atoms with van der Waals surface area (Å²) in [5, 5.41) is 6.54. The van der Waals surface area contributed by atoms with Gasteiger partial charge in [0, 0.05) is 60.0 Å². The minimum Gasteiger partial charge on any atom is -0.307 e. The van der Waals surface area contributed by atoms with Crippen molar-refractivity contribution in [2.24, 2.45) is 0 Å². The van der Waals surface area contributed by atoms with Crippen molar-refractivity contribution in [1.29, 1.82) is 0 Å². The van der Waals surface area contributed by atoms with E-state index in [1.54, 1.807) is 21.3 Å². The van der Waals surface area contributed by atoms with E-state index in [2.05, 4.69) is 15.2 Å². The lowest BCUT2D eigenvalue weighted by molar-refractivity contribution is -0.137. The highest BCUT2D eigenvalue weighted by molar-refractivity contribution is 6.25. The summed E-state index contributed by atoms with van der Waals surface area (Å²) in [5.74, 6) is -1.82. The fourth-order valence-electron chi connectivity index (χ4n) is 11.3. The number of para-hydroxylation sites is 6. The molecule has 0 atom stereocenters. The molecule has 0 aliphatic heterocycles. The number of nitrogens with zero attached hydrogens (tertiary/aromatic N) is 4. The molecule has 0 radical (unpaired) electrons. The summed E-state index contributed by atoms with van der Waals surface area (Å²) in [4.78, 5) is 0. The quantitative estimate of drug-likeness (QED) is 0.153. The Kier molecular flexibility index (Phi) is 8.47. The molecule has 14 rings (SSSR count). The number of benzene rings is 10. The zero-order valence-corrected chi connectivity index (χ0v) is 36.9. The Hall–Kier alpha value is -8.95. The second kappa shape index (κ2) is 14.8. The molecule has 4 aromatic heterocycles. The molecule has 14 aromatic rings. The fraction of sp³-hybridized carbons (Fsp3) is 0.0164. The summed E-state index contributed by atoms with van der Waals surface area (Å²) in [6.07, 6.45) is -4.97. The molecule has 0 bridgehead atoms. The summed E-state index contributed by atoms with van der Waals surface area (Å²) < 4.78 is 91.5. The number of halogens is 5. The summed E-state index contributed by atoms with van der Waals surface area (Å²) >= 11 is 0. The molecule has 0 aliphatic carbocycles. The first-order valence-corrected chi connectivity index (χ1v) is 23.0. The van der Waals surface area contributed by atoms with Crippen LogP contribution in [0.5, 0.6) is 0 Å². The molecular formula is C61H35F5N4. The second-order valence-corrected chi connectivity index (χ2v) is 17.8. The average Bonchev–Trinajstić information content (AvgIpc) is 4.12. The van der Waals surface area contributed by atoms with E-state index in [1.165, 1.54) is 12.1 Å². The Labute approximate surface area is 395 Å². The molecule has 0 amide bonds. The van der Waals surface area contributed by atoms with E-state index in [0.717, 1.165) is 89.2 Å². The Morgan fingerprint density at radius 2 is 0.643 bits per heavy atom. The van der Waals surface area contributed by atoms with Crippen molar-refractivity contribution in [2.45, 2.75) is 6.18 Å². The average molecular weight is 919 g/mol. The predicted octanol–water partition coefficient (Wildman–Crippen LogP) is 17.0. The minimum atomic E-state index is -4.97. The standard InChI is InChI=1S/C61H35F5N4/c62-48-24-15-25-49(63)56(48)46-34-55(70-53-29-14-10-23-41(53)45-33-31-43-39-21-8-12-27-51(39)68(58(43)60(45)70)37-18-5-2-6-19-37)47(61(64,65)66)35-54(46)69-52-28-13-9-22-40(52)44-32-30-42-38-20-7-11-26-50(38)67(57(42)59(44)69)36-16-3-1-4-17-36/h1-35H. The monoisotopic (exact) mass is 918 g/mol. The summed E-state index contributed by atoms with van der Waals surface area (Å²) in [6.45, 7) is 0. The van der Waals surface area contributed by atoms with E-state index in [-0.39, 0.29) is 16.9 Å². The van der Waals surface area contributed by atoms with Crippen LogP contribution in [0, 0.1) is 11.6 Å². The molecule has 4 heterocycles. The molecule has 0 unspecified atom stereocenters. The van der Waals surface area contributed by atoms with Gasteiger partial charge in [-0.2, -0.15) is 13.2 Å². The summed E-state index contributed by atoms with van der Waals surface area (Å²) in [5.41, 5.74) is 5.24. The maximum absolute atomic E-state index is 16.9. The van der Waals surface area contributed by atoms with Gasteiger partial charge in [0.15, 0.2) is 0 Å². The maximum atomic E-state index is 16.9. The van der Waals surface area contributed by atoms with Crippen molar-refractivity contribution >= 4 is 87.2 Å². The van der Waals surface area contributed by atoms with E-state index in [4.69, 9.17) is 0 Å². The largest absolute Gasteiger partial charge is 0.418 e. The first kappa shape index (κ1) is 40.1. The predicted molar refractivity (Wildman–Crippen MR) is 274 cm³/mol. The van der Waals surface area contributed by atoms with Gasteiger partial charge in [0.1, 0.15) is 11.6 Å². The highest BCUT2D eigenvalue weighted by atomic mass is 19.4. The van der Waals surface area contributed by atoms with Gasteiger partial charge in [-0.3, -0.25) is 0 Å². The Balaban J connectivity index is 1.21. The van der Waals surface area contributed by atoms with Gasteiger partial charge >= 0.3 is 6.18 Å². The Morgan fingerprint density at radius 1 is 0.300 bits per heavy atom. The van der Waals surface area contributed by atoms with E-state index >= 15 is 22.0 Å². The lowest BCUT2D eigenvalue weighted by atomic mass is 9.97. The van der Waals surface area contributed by atoms with Crippen LogP contribution in [-0.2, 0) is 6.18 Å². The smallest absolute Gasteiger partial charge is 0.307 e. The van der Waals surface area contributed by atoms with Gasteiger partial charge in [-0.25, -0.2) is 8.78 Å². The molecular weight excluding hydrogens is 884 g/mol. The first-order valence-electron chi connectivity index (χ1n) is 23.0. The van der Waals surface area contributed by atoms with Gasteiger partial charge in [0.25, 0.3) is 0 Å². The maximum Gasteiger partial charge on any atom is 0.418 e. The number of hydrogen-bond acceptors (Lipinski definition) is 0. The molecule has 0 fully saturated rings. The van der Waals surface area contributed by atoms with Gasteiger partial charge in [0.2, 0.25) is 0 Å². The van der Waals surface area contributed by atoms with Gasteiger partial charge in [-0.1, -0.05) is 140 Å². The minimum absolute atomic E-state index is 0.0343. The van der Waals surface area contributed by atoms with Gasteiger partial charge in [-0.15, -0.1) is 0 Å². The summed E-state index contributed by atoms with van der Waals surface area (Å²) in [6, 6.07) is 64.4. The lowest BCUT2D eigenvalue weighted by Gasteiger charge is -2.23. The van der Waals surface area contributed by atoms with E-state index in [9.17, 15) is 0 Å². The third-order valence-electron chi connectivity index (χ3n) is 14.1. The van der Waals surface area contributed by atoms with Crippen LogP contribution in [0.15, 0.2) is 212 Å². The summed E-state index contributed by atoms with van der Waals surface area (Å²) in [7, 11) is 0.